The van der Waals surface area contributed by atoms with Gasteiger partial charge in [0.25, 0.3) is 11.6 Å². The van der Waals surface area contributed by atoms with E-state index in [-0.39, 0.29) is 29.4 Å². The van der Waals surface area contributed by atoms with Gasteiger partial charge in [0.2, 0.25) is 0 Å². The van der Waals surface area contributed by atoms with Gasteiger partial charge in [-0.3, -0.25) is 14.9 Å². The number of nitrogens with two attached hydrogens (primary N) is 1. The first-order valence-corrected chi connectivity index (χ1v) is 7.54. The SMILES string of the molecule is NC(=O)c1cc(CCOc2ccc(C(F)(F)F)cc2Cl)ccc1[N+](=O)[O-]. The second kappa shape index (κ2) is 7.61. The molecule has 0 fully saturated rings. The van der Waals surface area contributed by atoms with Crippen LogP contribution in [0.1, 0.15) is 21.5 Å². The number of amides is 1. The first-order valence-electron chi connectivity index (χ1n) is 7.16. The lowest BCUT2D eigenvalue weighted by Crippen LogP contribution is -2.14. The van der Waals surface area contributed by atoms with Crippen LogP contribution in [0.5, 0.6) is 5.75 Å². The molecule has 0 aliphatic heterocycles. The van der Waals surface area contributed by atoms with Crippen LogP contribution in [0.2, 0.25) is 5.02 Å². The van der Waals surface area contributed by atoms with Crippen molar-refractivity contribution >= 4 is 23.2 Å². The van der Waals surface area contributed by atoms with Gasteiger partial charge in [-0.1, -0.05) is 17.7 Å². The van der Waals surface area contributed by atoms with Gasteiger partial charge in [-0.2, -0.15) is 13.2 Å². The number of primary amides is 1. The molecule has 0 aromatic heterocycles. The lowest BCUT2D eigenvalue weighted by Gasteiger charge is -2.11. The molecule has 0 atom stereocenters. The standard InChI is InChI=1S/C16H12ClF3N2O4/c17-12-8-10(16(18,19)20)2-4-14(12)26-6-5-9-1-3-13(22(24)25)11(7-9)15(21)23/h1-4,7-8H,5-6H2,(H2,21,23). The Morgan fingerprint density at radius 2 is 1.92 bits per heavy atom. The fourth-order valence-electron chi connectivity index (χ4n) is 2.17. The van der Waals surface area contributed by atoms with Crippen molar-refractivity contribution in [1.82, 2.24) is 0 Å². The van der Waals surface area contributed by atoms with Crippen LogP contribution < -0.4 is 10.5 Å². The van der Waals surface area contributed by atoms with Gasteiger partial charge in [-0.15, -0.1) is 0 Å². The minimum atomic E-state index is -4.51. The first kappa shape index (κ1) is 19.5. The van der Waals surface area contributed by atoms with E-state index in [1.807, 2.05) is 0 Å². The van der Waals surface area contributed by atoms with Crippen molar-refractivity contribution in [2.45, 2.75) is 12.6 Å². The van der Waals surface area contributed by atoms with Crippen LogP contribution in [-0.2, 0) is 12.6 Å². The van der Waals surface area contributed by atoms with Crippen LogP contribution in [0.4, 0.5) is 18.9 Å². The van der Waals surface area contributed by atoms with E-state index in [4.69, 9.17) is 22.1 Å². The third-order valence-corrected chi connectivity index (χ3v) is 3.73. The monoisotopic (exact) mass is 388 g/mol. The van der Waals surface area contributed by atoms with Gasteiger partial charge >= 0.3 is 6.18 Å². The number of carbonyl (C=O) groups excluding carboxylic acids is 1. The van der Waals surface area contributed by atoms with E-state index in [1.165, 1.54) is 12.1 Å². The molecule has 2 rings (SSSR count). The van der Waals surface area contributed by atoms with Crippen molar-refractivity contribution < 1.29 is 27.6 Å². The highest BCUT2D eigenvalue weighted by Gasteiger charge is 2.31. The second-order valence-corrected chi connectivity index (χ2v) is 5.62. The first-order chi connectivity index (χ1) is 12.1. The minimum absolute atomic E-state index is 0.0289. The number of nitro benzene ring substituents is 1. The molecule has 0 heterocycles. The van der Waals surface area contributed by atoms with Gasteiger partial charge in [-0.25, -0.2) is 0 Å². The zero-order valence-electron chi connectivity index (χ0n) is 13.0. The number of halogens is 4. The Morgan fingerprint density at radius 1 is 1.23 bits per heavy atom. The highest BCUT2D eigenvalue weighted by atomic mass is 35.5. The van der Waals surface area contributed by atoms with E-state index in [9.17, 15) is 28.1 Å². The van der Waals surface area contributed by atoms with Gasteiger partial charge in [0.05, 0.1) is 22.1 Å². The fraction of sp³-hybridized carbons (Fsp3) is 0.188. The molecule has 2 aromatic rings. The van der Waals surface area contributed by atoms with Crippen molar-refractivity contribution in [3.05, 3.63) is 68.2 Å². The van der Waals surface area contributed by atoms with E-state index in [2.05, 4.69) is 0 Å². The van der Waals surface area contributed by atoms with Crippen molar-refractivity contribution in [2.75, 3.05) is 6.61 Å². The number of benzene rings is 2. The van der Waals surface area contributed by atoms with Crippen molar-refractivity contribution in [2.24, 2.45) is 5.73 Å². The van der Waals surface area contributed by atoms with Crippen LogP contribution in [0, 0.1) is 10.1 Å². The molecular weight excluding hydrogens is 377 g/mol. The Balaban J connectivity index is 2.07. The third-order valence-electron chi connectivity index (χ3n) is 3.43. The number of ether oxygens (including phenoxy) is 1. The third kappa shape index (κ3) is 4.63. The minimum Gasteiger partial charge on any atom is -0.492 e. The molecule has 2 aromatic carbocycles. The van der Waals surface area contributed by atoms with Crippen molar-refractivity contribution in [1.29, 1.82) is 0 Å². The Hall–Kier alpha value is -2.81. The van der Waals surface area contributed by atoms with Gasteiger partial charge in [0.1, 0.15) is 11.3 Å². The largest absolute Gasteiger partial charge is 0.492 e. The molecule has 0 spiro atoms. The van der Waals surface area contributed by atoms with Crippen molar-refractivity contribution in [3.8, 4) is 5.75 Å². The van der Waals surface area contributed by atoms with E-state index < -0.39 is 28.3 Å². The molecule has 0 saturated carbocycles. The van der Waals surface area contributed by atoms with E-state index in [0.717, 1.165) is 24.3 Å². The van der Waals surface area contributed by atoms with E-state index in [0.29, 0.717) is 5.56 Å². The zero-order valence-corrected chi connectivity index (χ0v) is 13.8. The summed E-state index contributed by atoms with van der Waals surface area (Å²) in [5, 5.41) is 10.7. The molecule has 2 N–H and O–H groups in total. The Morgan fingerprint density at radius 3 is 2.46 bits per heavy atom. The summed E-state index contributed by atoms with van der Waals surface area (Å²) in [6, 6.07) is 6.57. The molecule has 0 aliphatic carbocycles. The molecule has 0 bridgehead atoms. The number of hydrogen-bond donors (Lipinski definition) is 1. The summed E-state index contributed by atoms with van der Waals surface area (Å²) >= 11 is 5.78. The van der Waals surface area contributed by atoms with Gasteiger partial charge < -0.3 is 10.5 Å². The summed E-state index contributed by atoms with van der Waals surface area (Å²) in [7, 11) is 0. The number of nitrogens with zero attached hydrogens (tertiary/aromatic N) is 1. The summed E-state index contributed by atoms with van der Waals surface area (Å²) in [5.74, 6) is -0.873. The Labute approximate surface area is 150 Å². The molecule has 10 heteroatoms. The van der Waals surface area contributed by atoms with Crippen LogP contribution in [0.3, 0.4) is 0 Å². The normalized spacial score (nSPS) is 11.2. The number of alkyl halides is 3. The number of carbonyl (C=O) groups is 1. The van der Waals surface area contributed by atoms with Crippen LogP contribution in [-0.4, -0.2) is 17.4 Å². The van der Waals surface area contributed by atoms with Crippen molar-refractivity contribution in [3.63, 3.8) is 0 Å². The molecule has 6 nitrogen and oxygen atoms in total. The Kier molecular flexibility index (Phi) is 5.71. The molecule has 0 aliphatic rings. The fourth-order valence-corrected chi connectivity index (χ4v) is 2.40. The maximum absolute atomic E-state index is 12.6. The lowest BCUT2D eigenvalue weighted by atomic mass is 10.1. The molecule has 0 unspecified atom stereocenters. The van der Waals surface area contributed by atoms with E-state index >= 15 is 0 Å². The number of nitro groups is 1. The summed E-state index contributed by atoms with van der Waals surface area (Å²) in [6.45, 7) is 0.0289. The highest BCUT2D eigenvalue weighted by molar-refractivity contribution is 6.32. The van der Waals surface area contributed by atoms with Crippen LogP contribution >= 0.6 is 11.6 Å². The van der Waals surface area contributed by atoms with Crippen LogP contribution in [0.25, 0.3) is 0 Å². The number of rotatable bonds is 6. The highest BCUT2D eigenvalue weighted by Crippen LogP contribution is 2.34. The smallest absolute Gasteiger partial charge is 0.416 e. The zero-order chi connectivity index (χ0) is 19.5. The quantitative estimate of drug-likeness (QED) is 0.598. The van der Waals surface area contributed by atoms with Crippen LogP contribution in [0.15, 0.2) is 36.4 Å². The predicted molar refractivity (Wildman–Crippen MR) is 87.3 cm³/mol. The maximum Gasteiger partial charge on any atom is 0.416 e. The summed E-state index contributed by atoms with van der Waals surface area (Å²) in [4.78, 5) is 21.4. The molecular formula is C16H12ClF3N2O4. The number of hydrogen-bond acceptors (Lipinski definition) is 4. The summed E-state index contributed by atoms with van der Waals surface area (Å²) < 4.78 is 43.1. The summed E-state index contributed by atoms with van der Waals surface area (Å²) in [6.07, 6.45) is -4.28. The lowest BCUT2D eigenvalue weighted by molar-refractivity contribution is -0.385. The Bertz CT molecular complexity index is 856. The molecule has 1 amide bonds. The van der Waals surface area contributed by atoms with E-state index in [1.54, 1.807) is 0 Å². The van der Waals surface area contributed by atoms with Gasteiger partial charge in [-0.05, 0) is 29.8 Å². The maximum atomic E-state index is 12.6. The summed E-state index contributed by atoms with van der Waals surface area (Å²) in [5.41, 5.74) is 4.12. The molecule has 0 saturated heterocycles. The average molecular weight is 389 g/mol. The topological polar surface area (TPSA) is 95.5 Å². The molecule has 138 valence electrons. The molecule has 0 radical (unpaired) electrons. The predicted octanol–water partition coefficient (Wildman–Crippen LogP) is 3.99. The van der Waals surface area contributed by atoms with Gasteiger partial charge in [0, 0.05) is 12.5 Å². The average Bonchev–Trinajstić information content (AvgIpc) is 2.55. The molecule has 26 heavy (non-hydrogen) atoms. The van der Waals surface area contributed by atoms with Gasteiger partial charge in [0.15, 0.2) is 0 Å². The second-order valence-electron chi connectivity index (χ2n) is 5.21.